The summed E-state index contributed by atoms with van der Waals surface area (Å²) in [5.74, 6) is -1.02. The van der Waals surface area contributed by atoms with E-state index in [2.05, 4.69) is 20.2 Å². The van der Waals surface area contributed by atoms with E-state index >= 15 is 0 Å². The fraction of sp³-hybridized carbons (Fsp3) is 0.143. The number of carbonyl (C=O) groups is 1. The van der Waals surface area contributed by atoms with Crippen LogP contribution in [0.5, 0.6) is 0 Å². The molecule has 1 fully saturated rings. The monoisotopic (exact) mass is 512 g/mol. The van der Waals surface area contributed by atoms with Gasteiger partial charge < -0.3 is 19.4 Å². The predicted octanol–water partition coefficient (Wildman–Crippen LogP) is 4.83. The van der Waals surface area contributed by atoms with Crippen molar-refractivity contribution in [2.24, 2.45) is 0 Å². The number of morpholine rings is 1. The average molecular weight is 513 g/mol. The van der Waals surface area contributed by atoms with Crippen LogP contribution >= 0.6 is 0 Å². The highest BCUT2D eigenvalue weighted by molar-refractivity contribution is 6.03. The van der Waals surface area contributed by atoms with E-state index in [4.69, 9.17) is 9.72 Å². The molecular weight excluding hydrogens is 490 g/mol. The first-order valence-corrected chi connectivity index (χ1v) is 12.0. The van der Waals surface area contributed by atoms with Gasteiger partial charge in [-0.1, -0.05) is 12.1 Å². The molecule has 1 aliphatic heterocycles. The number of rotatable bonds is 5. The van der Waals surface area contributed by atoms with Gasteiger partial charge >= 0.3 is 0 Å². The number of benzene rings is 2. The van der Waals surface area contributed by atoms with Gasteiger partial charge in [0.15, 0.2) is 11.5 Å². The van der Waals surface area contributed by atoms with Gasteiger partial charge in [0.2, 0.25) is 0 Å². The Labute approximate surface area is 216 Å². The summed E-state index contributed by atoms with van der Waals surface area (Å²) >= 11 is 0. The van der Waals surface area contributed by atoms with E-state index in [1.807, 2.05) is 28.9 Å². The summed E-state index contributed by atoms with van der Waals surface area (Å²) < 4.78 is 34.9. The summed E-state index contributed by atoms with van der Waals surface area (Å²) in [7, 11) is 0. The van der Waals surface area contributed by atoms with Crippen LogP contribution in [0.15, 0.2) is 79.4 Å². The van der Waals surface area contributed by atoms with Crippen molar-refractivity contribution in [1.82, 2.24) is 19.4 Å². The second kappa shape index (κ2) is 9.98. The molecule has 0 bridgehead atoms. The van der Waals surface area contributed by atoms with Crippen LogP contribution in [0.25, 0.3) is 28.0 Å². The molecule has 1 aliphatic rings. The molecule has 0 aliphatic carbocycles. The Balaban J connectivity index is 1.22. The van der Waals surface area contributed by atoms with Crippen molar-refractivity contribution in [3.63, 3.8) is 0 Å². The van der Waals surface area contributed by atoms with Gasteiger partial charge in [-0.25, -0.2) is 18.7 Å². The van der Waals surface area contributed by atoms with E-state index in [0.29, 0.717) is 24.5 Å². The van der Waals surface area contributed by atoms with Crippen molar-refractivity contribution in [2.75, 3.05) is 36.5 Å². The molecule has 2 aromatic carbocycles. The number of imidazole rings is 1. The Morgan fingerprint density at radius 3 is 2.53 bits per heavy atom. The Kier molecular flexibility index (Phi) is 6.22. The normalized spacial score (nSPS) is 13.6. The largest absolute Gasteiger partial charge is 0.378 e. The molecule has 1 saturated heterocycles. The highest BCUT2D eigenvalue weighted by Crippen LogP contribution is 2.27. The van der Waals surface area contributed by atoms with Gasteiger partial charge in [-0.3, -0.25) is 9.78 Å². The third kappa shape index (κ3) is 4.69. The molecular formula is C28H22F2N6O2. The molecule has 3 aromatic heterocycles. The van der Waals surface area contributed by atoms with Crippen molar-refractivity contribution in [3.8, 4) is 22.4 Å². The van der Waals surface area contributed by atoms with Crippen LogP contribution in [-0.2, 0) is 4.74 Å². The van der Waals surface area contributed by atoms with Gasteiger partial charge in [-0.15, -0.1) is 0 Å². The molecule has 0 unspecified atom stereocenters. The van der Waals surface area contributed by atoms with Crippen LogP contribution in [0.4, 0.5) is 20.3 Å². The second-order valence-electron chi connectivity index (χ2n) is 8.79. The zero-order chi connectivity index (χ0) is 26.1. The fourth-order valence-corrected chi connectivity index (χ4v) is 4.41. The highest BCUT2D eigenvalue weighted by Gasteiger charge is 2.18. The summed E-state index contributed by atoms with van der Waals surface area (Å²) in [5.41, 5.74) is 3.72. The lowest BCUT2D eigenvalue weighted by Gasteiger charge is -2.28. The van der Waals surface area contributed by atoms with Crippen LogP contribution < -0.4 is 10.2 Å². The topological polar surface area (TPSA) is 84.7 Å². The first kappa shape index (κ1) is 23.7. The van der Waals surface area contributed by atoms with Crippen molar-refractivity contribution in [3.05, 3.63) is 96.7 Å². The number of hydrogen-bond acceptors (Lipinski definition) is 6. The Morgan fingerprint density at radius 1 is 0.921 bits per heavy atom. The van der Waals surface area contributed by atoms with Crippen molar-refractivity contribution < 1.29 is 18.3 Å². The van der Waals surface area contributed by atoms with Gasteiger partial charge in [0.05, 0.1) is 18.9 Å². The van der Waals surface area contributed by atoms with Crippen molar-refractivity contribution in [2.45, 2.75) is 0 Å². The molecule has 10 heteroatoms. The van der Waals surface area contributed by atoms with Crippen molar-refractivity contribution in [1.29, 1.82) is 0 Å². The molecule has 5 aromatic rings. The van der Waals surface area contributed by atoms with E-state index in [9.17, 15) is 13.6 Å². The number of fused-ring (bicyclic) bond motifs is 1. The number of halogens is 2. The van der Waals surface area contributed by atoms with Gasteiger partial charge in [-0.05, 0) is 42.0 Å². The number of aromatic nitrogens is 4. The maximum atomic E-state index is 14.2. The summed E-state index contributed by atoms with van der Waals surface area (Å²) in [6.07, 6.45) is 6.97. The number of carbonyl (C=O) groups excluding carboxylic acids is 1. The van der Waals surface area contributed by atoms with Crippen molar-refractivity contribution >= 4 is 23.1 Å². The third-order valence-corrected chi connectivity index (χ3v) is 6.34. The SMILES string of the molecule is O=C(Nc1ccc(-c2cn3ccnc3c(N3CCOCC3)n2)cc1)c1cc(-c2ccc(F)cc2F)ccn1. The maximum absolute atomic E-state index is 14.2. The molecule has 190 valence electrons. The molecule has 0 radical (unpaired) electrons. The lowest BCUT2D eigenvalue weighted by Crippen LogP contribution is -2.37. The number of anilines is 2. The molecule has 0 atom stereocenters. The average Bonchev–Trinajstić information content (AvgIpc) is 3.42. The molecule has 0 spiro atoms. The Bertz CT molecular complexity index is 1630. The molecule has 1 N–H and O–H groups in total. The fourth-order valence-electron chi connectivity index (χ4n) is 4.41. The van der Waals surface area contributed by atoms with Crippen LogP contribution in [-0.4, -0.2) is 51.6 Å². The Morgan fingerprint density at radius 2 is 1.74 bits per heavy atom. The zero-order valence-electron chi connectivity index (χ0n) is 20.1. The first-order valence-electron chi connectivity index (χ1n) is 12.0. The van der Waals surface area contributed by atoms with E-state index in [-0.39, 0.29) is 11.3 Å². The summed E-state index contributed by atoms with van der Waals surface area (Å²) in [5, 5.41) is 2.81. The van der Waals surface area contributed by atoms with E-state index in [1.165, 1.54) is 24.4 Å². The number of nitrogens with one attached hydrogen (secondary N) is 1. The molecule has 38 heavy (non-hydrogen) atoms. The molecule has 1 amide bonds. The first-order chi connectivity index (χ1) is 18.5. The zero-order valence-corrected chi connectivity index (χ0v) is 20.1. The van der Waals surface area contributed by atoms with E-state index in [1.54, 1.807) is 24.4 Å². The van der Waals surface area contributed by atoms with E-state index in [0.717, 1.165) is 41.9 Å². The third-order valence-electron chi connectivity index (χ3n) is 6.34. The van der Waals surface area contributed by atoms with Crippen LogP contribution in [0.1, 0.15) is 10.5 Å². The minimum atomic E-state index is -0.711. The van der Waals surface area contributed by atoms with Crippen LogP contribution in [0.3, 0.4) is 0 Å². The number of pyridine rings is 1. The Hall–Kier alpha value is -4.70. The molecule has 6 rings (SSSR count). The summed E-state index contributed by atoms with van der Waals surface area (Å²) in [6, 6.07) is 13.7. The minimum Gasteiger partial charge on any atom is -0.378 e. The maximum Gasteiger partial charge on any atom is 0.274 e. The minimum absolute atomic E-state index is 0.109. The standard InChI is InChI=1S/C28H22F2N6O2/c29-20-3-6-22(23(30)16-20)19-7-8-31-24(15-19)28(37)33-21-4-1-18(2-5-21)25-17-36-10-9-32-26(36)27(34-25)35-11-13-38-14-12-35/h1-10,15-17H,11-14H2,(H,33,37). The van der Waals surface area contributed by atoms with Crippen LogP contribution in [0.2, 0.25) is 0 Å². The smallest absolute Gasteiger partial charge is 0.274 e. The van der Waals surface area contributed by atoms with Gasteiger partial charge in [-0.2, -0.15) is 0 Å². The number of hydrogen-bond donors (Lipinski definition) is 1. The van der Waals surface area contributed by atoms with Crippen LogP contribution in [0, 0.1) is 11.6 Å². The van der Waals surface area contributed by atoms with E-state index < -0.39 is 17.5 Å². The molecule has 8 nitrogen and oxygen atoms in total. The van der Waals surface area contributed by atoms with Gasteiger partial charge in [0, 0.05) is 60.8 Å². The second-order valence-corrected chi connectivity index (χ2v) is 8.79. The predicted molar refractivity (Wildman–Crippen MR) is 139 cm³/mol. The molecule has 4 heterocycles. The number of nitrogens with zero attached hydrogens (tertiary/aromatic N) is 5. The highest BCUT2D eigenvalue weighted by atomic mass is 19.1. The van der Waals surface area contributed by atoms with Gasteiger partial charge in [0.1, 0.15) is 17.3 Å². The lowest BCUT2D eigenvalue weighted by molar-refractivity contribution is 0.102. The number of ether oxygens (including phenoxy) is 1. The lowest BCUT2D eigenvalue weighted by atomic mass is 10.1. The molecule has 0 saturated carbocycles. The number of amides is 1. The quantitative estimate of drug-likeness (QED) is 0.363. The van der Waals surface area contributed by atoms with Gasteiger partial charge in [0.25, 0.3) is 5.91 Å². The summed E-state index contributed by atoms with van der Waals surface area (Å²) in [4.78, 5) is 28.5. The summed E-state index contributed by atoms with van der Waals surface area (Å²) in [6.45, 7) is 2.77.